The Bertz CT molecular complexity index is 829. The van der Waals surface area contributed by atoms with Crippen LogP contribution in [0.5, 0.6) is 0 Å². The Morgan fingerprint density at radius 3 is 3.12 bits per heavy atom. The molecule has 0 amide bonds. The van der Waals surface area contributed by atoms with Crippen molar-refractivity contribution in [1.29, 1.82) is 16.1 Å². The van der Waals surface area contributed by atoms with E-state index in [-0.39, 0.29) is 17.5 Å². The molecular weight excluding hydrogens is 304 g/mol. The van der Waals surface area contributed by atoms with E-state index in [9.17, 15) is 0 Å². The number of nitrogens with one attached hydrogen (secondary N) is 3. The molecule has 1 saturated carbocycles. The summed E-state index contributed by atoms with van der Waals surface area (Å²) >= 11 is 0. The molecule has 24 heavy (non-hydrogen) atoms. The zero-order chi connectivity index (χ0) is 17.1. The van der Waals surface area contributed by atoms with Crippen molar-refractivity contribution in [3.8, 4) is 6.07 Å². The minimum absolute atomic E-state index is 0.0525. The maximum Gasteiger partial charge on any atom is 0.154 e. The molecule has 3 rings (SSSR count). The number of fused-ring (bicyclic) bond motifs is 1. The lowest BCUT2D eigenvalue weighted by atomic mass is 9.92. The molecule has 0 bridgehead atoms. The fraction of sp³-hybridized carbons (Fsp3) is 0.529. The highest BCUT2D eigenvalue weighted by Gasteiger charge is 2.37. The number of hydrogen-bond acceptors (Lipinski definition) is 5. The molecule has 0 unspecified atom stereocenters. The van der Waals surface area contributed by atoms with Gasteiger partial charge in [0, 0.05) is 12.1 Å². The molecule has 126 valence electrons. The van der Waals surface area contributed by atoms with Gasteiger partial charge in [0.15, 0.2) is 5.65 Å². The van der Waals surface area contributed by atoms with E-state index in [1.54, 1.807) is 10.8 Å². The molecule has 7 nitrogen and oxygen atoms in total. The van der Waals surface area contributed by atoms with Crippen LogP contribution in [0, 0.1) is 34.0 Å². The van der Waals surface area contributed by atoms with Gasteiger partial charge in [-0.15, -0.1) is 0 Å². The van der Waals surface area contributed by atoms with Crippen LogP contribution in [-0.4, -0.2) is 33.1 Å². The van der Waals surface area contributed by atoms with Gasteiger partial charge >= 0.3 is 0 Å². The Morgan fingerprint density at radius 1 is 1.54 bits per heavy atom. The van der Waals surface area contributed by atoms with Crippen molar-refractivity contribution in [2.24, 2.45) is 11.8 Å². The van der Waals surface area contributed by atoms with Gasteiger partial charge in [0.1, 0.15) is 11.3 Å². The zero-order valence-corrected chi connectivity index (χ0v) is 13.7. The van der Waals surface area contributed by atoms with Crippen molar-refractivity contribution >= 4 is 17.0 Å². The molecule has 3 N–H and O–H groups in total. The Labute approximate surface area is 140 Å². The second-order valence-electron chi connectivity index (χ2n) is 6.22. The molecule has 2 aromatic heterocycles. The summed E-state index contributed by atoms with van der Waals surface area (Å²) in [6, 6.07) is 3.95. The van der Waals surface area contributed by atoms with Crippen molar-refractivity contribution in [2.45, 2.75) is 38.7 Å². The standard InChI is InChI=1S/C17H22N6O/c1-2-11-8-12(24-7-3-5-18)9-13(11)16(20)23-14-4-6-21-17(14)22-10-15(23)19/h4,6,10-13,19-21H,2-3,7-9H2,1H3/t11-,12+,13-/m1/s1. The first kappa shape index (κ1) is 16.4. The SMILES string of the molecule is CC[C@@H]1C[C@H](OCCC#N)C[C@H]1C(=N)n1c(=N)cnc2[nH]ccc21. The topological polar surface area (TPSA) is 114 Å². The van der Waals surface area contributed by atoms with Crippen LogP contribution in [-0.2, 0) is 4.74 Å². The summed E-state index contributed by atoms with van der Waals surface area (Å²) in [4.78, 5) is 7.23. The molecule has 0 saturated heterocycles. The molecule has 2 heterocycles. The predicted octanol–water partition coefficient (Wildman–Crippen LogP) is 2.40. The van der Waals surface area contributed by atoms with Gasteiger partial charge < -0.3 is 9.72 Å². The fourth-order valence-corrected chi connectivity index (χ4v) is 3.64. The third kappa shape index (κ3) is 2.97. The van der Waals surface area contributed by atoms with E-state index in [4.69, 9.17) is 20.8 Å². The summed E-state index contributed by atoms with van der Waals surface area (Å²) in [6.45, 7) is 2.58. The second kappa shape index (κ2) is 6.97. The highest BCUT2D eigenvalue weighted by atomic mass is 16.5. The molecule has 1 aliphatic carbocycles. The quantitative estimate of drug-likeness (QED) is 0.445. The minimum atomic E-state index is 0.0525. The van der Waals surface area contributed by atoms with Gasteiger partial charge in [-0.1, -0.05) is 13.3 Å². The number of nitrogens with zero attached hydrogens (tertiary/aromatic N) is 3. The third-order valence-corrected chi connectivity index (χ3v) is 4.84. The molecule has 3 atom stereocenters. The van der Waals surface area contributed by atoms with Crippen LogP contribution in [0.4, 0.5) is 0 Å². The van der Waals surface area contributed by atoms with Crippen molar-refractivity contribution in [3.05, 3.63) is 23.9 Å². The Morgan fingerprint density at radius 2 is 2.38 bits per heavy atom. The average molecular weight is 326 g/mol. The number of aromatic amines is 1. The maximum atomic E-state index is 8.72. The number of aromatic nitrogens is 3. The summed E-state index contributed by atoms with van der Waals surface area (Å²) in [5.41, 5.74) is 1.66. The van der Waals surface area contributed by atoms with Crippen molar-refractivity contribution in [3.63, 3.8) is 0 Å². The summed E-state index contributed by atoms with van der Waals surface area (Å²) in [5.74, 6) is 0.848. The number of ether oxygens (including phenoxy) is 1. The average Bonchev–Trinajstić information content (AvgIpc) is 3.20. The first-order valence-corrected chi connectivity index (χ1v) is 8.32. The van der Waals surface area contributed by atoms with Gasteiger partial charge in [-0.25, -0.2) is 4.98 Å². The number of nitriles is 1. The van der Waals surface area contributed by atoms with E-state index in [0.717, 1.165) is 24.8 Å². The molecule has 0 aromatic carbocycles. The zero-order valence-electron chi connectivity index (χ0n) is 13.7. The summed E-state index contributed by atoms with van der Waals surface area (Å²) in [7, 11) is 0. The van der Waals surface area contributed by atoms with Crippen LogP contribution < -0.4 is 5.49 Å². The fourth-order valence-electron chi connectivity index (χ4n) is 3.64. The largest absolute Gasteiger partial charge is 0.377 e. The maximum absolute atomic E-state index is 8.72. The number of H-pyrrole nitrogens is 1. The third-order valence-electron chi connectivity index (χ3n) is 4.84. The van der Waals surface area contributed by atoms with Crippen LogP contribution in [0.3, 0.4) is 0 Å². The first-order valence-electron chi connectivity index (χ1n) is 8.32. The van der Waals surface area contributed by atoms with Gasteiger partial charge in [0.25, 0.3) is 0 Å². The van der Waals surface area contributed by atoms with Crippen molar-refractivity contribution in [2.75, 3.05) is 6.61 Å². The first-order chi connectivity index (χ1) is 11.7. The van der Waals surface area contributed by atoms with Crippen molar-refractivity contribution < 1.29 is 4.74 Å². The monoisotopic (exact) mass is 326 g/mol. The van der Waals surface area contributed by atoms with Gasteiger partial charge in [-0.2, -0.15) is 5.26 Å². The van der Waals surface area contributed by atoms with E-state index >= 15 is 0 Å². The van der Waals surface area contributed by atoms with E-state index in [1.807, 2.05) is 6.07 Å². The van der Waals surface area contributed by atoms with Crippen LogP contribution in [0.1, 0.15) is 32.6 Å². The molecule has 2 aromatic rings. The highest BCUT2D eigenvalue weighted by molar-refractivity contribution is 5.91. The molecule has 0 radical (unpaired) electrons. The second-order valence-corrected chi connectivity index (χ2v) is 6.22. The number of rotatable bonds is 5. The lowest BCUT2D eigenvalue weighted by Gasteiger charge is -2.21. The highest BCUT2D eigenvalue weighted by Crippen LogP contribution is 2.37. The van der Waals surface area contributed by atoms with Gasteiger partial charge in [0.2, 0.25) is 0 Å². The molecule has 0 aliphatic heterocycles. The van der Waals surface area contributed by atoms with E-state index < -0.39 is 0 Å². The lowest BCUT2D eigenvalue weighted by molar-refractivity contribution is 0.0587. The Kier molecular flexibility index (Phi) is 4.76. The van der Waals surface area contributed by atoms with Gasteiger partial charge in [-0.05, 0) is 24.8 Å². The van der Waals surface area contributed by atoms with Crippen LogP contribution in [0.2, 0.25) is 0 Å². The molecular formula is C17H22N6O. The predicted molar refractivity (Wildman–Crippen MR) is 89.5 cm³/mol. The van der Waals surface area contributed by atoms with E-state index in [2.05, 4.69) is 23.0 Å². The Hall–Kier alpha value is -2.46. The molecule has 0 spiro atoms. The van der Waals surface area contributed by atoms with E-state index in [0.29, 0.717) is 30.4 Å². The molecule has 7 heteroatoms. The van der Waals surface area contributed by atoms with Gasteiger partial charge in [-0.3, -0.25) is 15.4 Å². The van der Waals surface area contributed by atoms with Crippen LogP contribution >= 0.6 is 0 Å². The lowest BCUT2D eigenvalue weighted by Crippen LogP contribution is -2.33. The van der Waals surface area contributed by atoms with E-state index in [1.165, 1.54) is 6.20 Å². The summed E-state index contributed by atoms with van der Waals surface area (Å²) < 4.78 is 7.47. The van der Waals surface area contributed by atoms with Crippen LogP contribution in [0.25, 0.3) is 11.2 Å². The van der Waals surface area contributed by atoms with Crippen molar-refractivity contribution in [1.82, 2.24) is 14.5 Å². The smallest absolute Gasteiger partial charge is 0.154 e. The summed E-state index contributed by atoms with van der Waals surface area (Å²) in [6.07, 6.45) is 6.39. The molecule has 1 aliphatic rings. The van der Waals surface area contributed by atoms with Gasteiger partial charge in [0.05, 0.1) is 36.9 Å². The summed E-state index contributed by atoms with van der Waals surface area (Å²) in [5, 5.41) is 25.5. The van der Waals surface area contributed by atoms with Crippen LogP contribution in [0.15, 0.2) is 18.5 Å². The minimum Gasteiger partial charge on any atom is -0.377 e. The number of hydrogen-bond donors (Lipinski definition) is 3. The molecule has 1 fully saturated rings. The Balaban J connectivity index is 1.85. The normalized spacial score (nSPS) is 23.4.